The summed E-state index contributed by atoms with van der Waals surface area (Å²) in [5, 5.41) is 22.0. The normalized spacial score (nSPS) is 17.0. The number of ether oxygens (including phenoxy) is 2. The SMILES string of the molecule is CCOc1cc(C2/C(=C(\O)c3ccc(OC)c(C(C)(C)C)c3)C(=O)C(=O)N2c2nc3ccccc3[nH]2)ccc1O. The molecule has 1 unspecified atom stereocenters. The Morgan fingerprint density at radius 1 is 1.05 bits per heavy atom. The number of methoxy groups -OCH3 is 1. The van der Waals surface area contributed by atoms with E-state index in [1.165, 1.54) is 11.0 Å². The molecule has 1 saturated heterocycles. The van der Waals surface area contributed by atoms with E-state index in [0.717, 1.165) is 5.56 Å². The Labute approximate surface area is 231 Å². The lowest BCUT2D eigenvalue weighted by Gasteiger charge is -2.25. The molecule has 0 aliphatic carbocycles. The predicted octanol–water partition coefficient (Wildman–Crippen LogP) is 5.60. The average Bonchev–Trinajstić information content (AvgIpc) is 3.47. The molecule has 1 amide bonds. The molecular weight excluding hydrogens is 510 g/mol. The van der Waals surface area contributed by atoms with Gasteiger partial charge in [-0.15, -0.1) is 0 Å². The van der Waals surface area contributed by atoms with Gasteiger partial charge in [0.05, 0.1) is 36.4 Å². The van der Waals surface area contributed by atoms with Gasteiger partial charge in [0.25, 0.3) is 5.78 Å². The molecule has 0 radical (unpaired) electrons. The van der Waals surface area contributed by atoms with E-state index in [1.54, 1.807) is 50.4 Å². The maximum atomic E-state index is 13.6. The molecule has 0 spiro atoms. The van der Waals surface area contributed by atoms with Crippen LogP contribution in [0.3, 0.4) is 0 Å². The number of amides is 1. The van der Waals surface area contributed by atoms with Crippen LogP contribution in [0.15, 0.2) is 66.2 Å². The Morgan fingerprint density at radius 2 is 1.80 bits per heavy atom. The van der Waals surface area contributed by atoms with E-state index in [2.05, 4.69) is 9.97 Å². The molecule has 3 N–H and O–H groups in total. The molecule has 0 bridgehead atoms. The molecule has 4 aromatic rings. The third kappa shape index (κ3) is 4.53. The Kier molecular flexibility index (Phi) is 6.75. The van der Waals surface area contributed by atoms with Crippen molar-refractivity contribution in [3.05, 3.63) is 82.9 Å². The number of para-hydroxylation sites is 2. The first-order valence-electron chi connectivity index (χ1n) is 13.0. The van der Waals surface area contributed by atoms with Crippen molar-refractivity contribution >= 4 is 34.4 Å². The van der Waals surface area contributed by atoms with Gasteiger partial charge in [0.1, 0.15) is 11.5 Å². The first-order valence-corrected chi connectivity index (χ1v) is 13.0. The minimum atomic E-state index is -1.06. The van der Waals surface area contributed by atoms with Crippen molar-refractivity contribution < 1.29 is 29.3 Å². The molecule has 40 heavy (non-hydrogen) atoms. The number of carbonyl (C=O) groups is 2. The number of hydrogen-bond acceptors (Lipinski definition) is 7. The van der Waals surface area contributed by atoms with Crippen molar-refractivity contribution in [1.82, 2.24) is 9.97 Å². The van der Waals surface area contributed by atoms with Crippen LogP contribution in [0.5, 0.6) is 17.2 Å². The van der Waals surface area contributed by atoms with E-state index in [-0.39, 0.29) is 34.2 Å². The minimum absolute atomic E-state index is 0.0868. The Bertz CT molecular complexity index is 1630. The molecule has 1 fully saturated rings. The van der Waals surface area contributed by atoms with E-state index in [1.807, 2.05) is 39.0 Å². The Morgan fingerprint density at radius 3 is 2.48 bits per heavy atom. The largest absolute Gasteiger partial charge is 0.507 e. The maximum Gasteiger partial charge on any atom is 0.302 e. The number of ketones is 1. The van der Waals surface area contributed by atoms with Gasteiger partial charge in [0.15, 0.2) is 11.5 Å². The fourth-order valence-electron chi connectivity index (χ4n) is 4.99. The van der Waals surface area contributed by atoms with Gasteiger partial charge in [-0.3, -0.25) is 14.5 Å². The molecule has 1 atom stereocenters. The minimum Gasteiger partial charge on any atom is -0.507 e. The molecule has 5 rings (SSSR count). The van der Waals surface area contributed by atoms with Gasteiger partial charge in [0.2, 0.25) is 5.95 Å². The Hall–Kier alpha value is -4.79. The molecule has 1 aliphatic rings. The molecule has 9 heteroatoms. The molecule has 1 aromatic heterocycles. The number of H-pyrrole nitrogens is 1. The number of hydrogen-bond donors (Lipinski definition) is 3. The summed E-state index contributed by atoms with van der Waals surface area (Å²) in [6.45, 7) is 8.12. The van der Waals surface area contributed by atoms with Crippen LogP contribution in [0, 0.1) is 0 Å². The molecule has 2 heterocycles. The first-order chi connectivity index (χ1) is 19.0. The number of aliphatic hydroxyl groups excluding tert-OH is 1. The van der Waals surface area contributed by atoms with Gasteiger partial charge < -0.3 is 24.7 Å². The van der Waals surface area contributed by atoms with Gasteiger partial charge in [-0.25, -0.2) is 4.98 Å². The monoisotopic (exact) mass is 541 g/mol. The maximum absolute atomic E-state index is 13.6. The predicted molar refractivity (Wildman–Crippen MR) is 152 cm³/mol. The second kappa shape index (κ2) is 10.1. The van der Waals surface area contributed by atoms with E-state index in [4.69, 9.17) is 9.47 Å². The molecular formula is C31H31N3O6. The number of aliphatic hydroxyl groups is 1. The van der Waals surface area contributed by atoms with Crippen molar-refractivity contribution in [2.24, 2.45) is 0 Å². The second-order valence-corrected chi connectivity index (χ2v) is 10.6. The molecule has 3 aromatic carbocycles. The summed E-state index contributed by atoms with van der Waals surface area (Å²) in [5.41, 5.74) is 2.50. The highest BCUT2D eigenvalue weighted by molar-refractivity contribution is 6.51. The number of carbonyl (C=O) groups excluding carboxylic acids is 2. The zero-order valence-corrected chi connectivity index (χ0v) is 23.0. The highest BCUT2D eigenvalue weighted by atomic mass is 16.5. The van der Waals surface area contributed by atoms with Gasteiger partial charge in [0, 0.05) is 11.1 Å². The summed E-state index contributed by atoms with van der Waals surface area (Å²) < 4.78 is 11.1. The fraction of sp³-hybridized carbons (Fsp3) is 0.258. The topological polar surface area (TPSA) is 125 Å². The highest BCUT2D eigenvalue weighted by Crippen LogP contribution is 2.44. The van der Waals surface area contributed by atoms with E-state index >= 15 is 0 Å². The number of fused-ring (bicyclic) bond motifs is 1. The summed E-state index contributed by atoms with van der Waals surface area (Å²) in [7, 11) is 1.57. The number of aromatic hydroxyl groups is 1. The summed E-state index contributed by atoms with van der Waals surface area (Å²) in [6.07, 6.45) is 0. The van der Waals surface area contributed by atoms with Crippen LogP contribution in [0.4, 0.5) is 5.95 Å². The van der Waals surface area contributed by atoms with Crippen LogP contribution in [0.1, 0.15) is 50.4 Å². The van der Waals surface area contributed by atoms with Crippen molar-refractivity contribution in [3.8, 4) is 17.2 Å². The lowest BCUT2D eigenvalue weighted by atomic mass is 9.84. The number of phenolic OH excluding ortho intramolecular Hbond substituents is 1. The van der Waals surface area contributed by atoms with Crippen LogP contribution >= 0.6 is 0 Å². The van der Waals surface area contributed by atoms with Gasteiger partial charge in [-0.2, -0.15) is 0 Å². The number of nitrogens with one attached hydrogen (secondary N) is 1. The smallest absolute Gasteiger partial charge is 0.302 e. The van der Waals surface area contributed by atoms with Crippen LogP contribution < -0.4 is 14.4 Å². The molecule has 1 aliphatic heterocycles. The van der Waals surface area contributed by atoms with Crippen molar-refractivity contribution in [1.29, 1.82) is 0 Å². The number of phenols is 1. The van der Waals surface area contributed by atoms with Crippen LogP contribution in [0.2, 0.25) is 0 Å². The van der Waals surface area contributed by atoms with Gasteiger partial charge in [-0.1, -0.05) is 39.0 Å². The van der Waals surface area contributed by atoms with Crippen molar-refractivity contribution in [2.45, 2.75) is 39.2 Å². The second-order valence-electron chi connectivity index (χ2n) is 10.6. The number of aromatic amines is 1. The number of rotatable bonds is 6. The average molecular weight is 542 g/mol. The zero-order valence-electron chi connectivity index (χ0n) is 23.0. The molecule has 9 nitrogen and oxygen atoms in total. The number of nitrogens with zero attached hydrogens (tertiary/aromatic N) is 2. The summed E-state index contributed by atoms with van der Waals surface area (Å²) in [6, 6.07) is 15.9. The van der Waals surface area contributed by atoms with Crippen LogP contribution in [0.25, 0.3) is 16.8 Å². The third-order valence-corrected chi connectivity index (χ3v) is 6.93. The molecule has 206 valence electrons. The quantitative estimate of drug-likeness (QED) is 0.165. The lowest BCUT2D eigenvalue weighted by Crippen LogP contribution is -2.30. The Balaban J connectivity index is 1.75. The third-order valence-electron chi connectivity index (χ3n) is 6.93. The zero-order chi connectivity index (χ0) is 28.8. The first kappa shape index (κ1) is 26.8. The van der Waals surface area contributed by atoms with Crippen LogP contribution in [-0.2, 0) is 15.0 Å². The number of Topliss-reactive ketones (excluding diaryl/α,β-unsaturated/α-hetero) is 1. The van der Waals surface area contributed by atoms with E-state index in [9.17, 15) is 19.8 Å². The van der Waals surface area contributed by atoms with Crippen molar-refractivity contribution in [3.63, 3.8) is 0 Å². The number of aromatic nitrogens is 2. The van der Waals surface area contributed by atoms with Gasteiger partial charge >= 0.3 is 5.91 Å². The number of benzene rings is 3. The number of imidazole rings is 1. The number of anilines is 1. The fourth-order valence-corrected chi connectivity index (χ4v) is 4.99. The summed E-state index contributed by atoms with van der Waals surface area (Å²) in [5.74, 6) is -1.14. The summed E-state index contributed by atoms with van der Waals surface area (Å²) >= 11 is 0. The van der Waals surface area contributed by atoms with Crippen molar-refractivity contribution in [2.75, 3.05) is 18.6 Å². The van der Waals surface area contributed by atoms with E-state index in [0.29, 0.717) is 34.5 Å². The van der Waals surface area contributed by atoms with E-state index < -0.39 is 17.7 Å². The van der Waals surface area contributed by atoms with Crippen LogP contribution in [-0.4, -0.2) is 45.6 Å². The summed E-state index contributed by atoms with van der Waals surface area (Å²) in [4.78, 5) is 36.1. The highest BCUT2D eigenvalue weighted by Gasteiger charge is 2.48. The standard InChI is InChI=1S/C31H31N3O6/c1-6-40-24-16-17(11-13-22(24)35)26-25(27(36)18-12-14-23(39-5)19(15-18)31(2,3)4)28(37)29(38)34(26)30-32-20-9-7-8-10-21(20)33-30/h7-16,26,35-36H,6H2,1-5H3,(H,32,33)/b27-25+. The molecule has 0 saturated carbocycles. The lowest BCUT2D eigenvalue weighted by molar-refractivity contribution is -0.132. The van der Waals surface area contributed by atoms with Gasteiger partial charge in [-0.05, 0) is 60.4 Å².